The monoisotopic (exact) mass is 320 g/mol. The molecule has 2 saturated heterocycles. The third-order valence-corrected chi connectivity index (χ3v) is 5.09. The quantitative estimate of drug-likeness (QED) is 0.854. The largest absolute Gasteiger partial charge is 0.381 e. The molecule has 2 amide bonds. The summed E-state index contributed by atoms with van der Waals surface area (Å²) < 4.78 is 5.48. The Morgan fingerprint density at radius 2 is 2.26 bits per heavy atom. The molecule has 2 N–H and O–H groups in total. The Hall–Kier alpha value is -1.89. The number of amides is 2. The highest BCUT2D eigenvalue weighted by molar-refractivity contribution is 5.83. The topological polar surface area (TPSA) is 87.3 Å². The molecule has 2 aliphatic rings. The molecule has 126 valence electrons. The highest BCUT2D eigenvalue weighted by Gasteiger charge is 2.51. The number of carbonyl (C=O) groups excluding carboxylic acids is 2. The van der Waals surface area contributed by atoms with Crippen LogP contribution in [0.3, 0.4) is 0 Å². The van der Waals surface area contributed by atoms with E-state index < -0.39 is 0 Å². The minimum absolute atomic E-state index is 0.00898. The molecule has 1 atom stereocenters. The molecule has 7 heteroatoms. The number of carbonyl (C=O) groups is 2. The first-order valence-electron chi connectivity index (χ1n) is 8.26. The molecule has 0 saturated carbocycles. The van der Waals surface area contributed by atoms with Crippen LogP contribution in [-0.2, 0) is 20.9 Å². The van der Waals surface area contributed by atoms with Crippen molar-refractivity contribution in [3.05, 3.63) is 18.2 Å². The van der Waals surface area contributed by atoms with Gasteiger partial charge in [0.05, 0.1) is 12.5 Å². The number of ether oxygens (including phenoxy) is 1. The van der Waals surface area contributed by atoms with E-state index in [-0.39, 0.29) is 23.1 Å². The molecule has 2 aliphatic heterocycles. The molecule has 1 spiro atoms. The summed E-state index contributed by atoms with van der Waals surface area (Å²) in [5.74, 6) is 0.697. The van der Waals surface area contributed by atoms with E-state index in [0.717, 1.165) is 18.7 Å². The summed E-state index contributed by atoms with van der Waals surface area (Å²) in [6.45, 7) is 4.75. The van der Waals surface area contributed by atoms with E-state index in [1.807, 2.05) is 11.8 Å². The first kappa shape index (κ1) is 16.0. The standard InChI is InChI=1S/C16H24N4O3/c1-2-14(21)20-10-12(16(11-20)3-7-23-8-4-16)15(22)19-9-13-17-5-6-18-13/h5-6,12H,2-4,7-11H2,1H3,(H,17,18)(H,19,22). The fourth-order valence-corrected chi connectivity index (χ4v) is 3.72. The van der Waals surface area contributed by atoms with Crippen LogP contribution in [0.2, 0.25) is 0 Å². The van der Waals surface area contributed by atoms with Gasteiger partial charge >= 0.3 is 0 Å². The lowest BCUT2D eigenvalue weighted by Crippen LogP contribution is -2.44. The Balaban J connectivity index is 1.71. The van der Waals surface area contributed by atoms with Gasteiger partial charge in [0.1, 0.15) is 5.82 Å². The van der Waals surface area contributed by atoms with Gasteiger partial charge in [0, 0.05) is 50.5 Å². The van der Waals surface area contributed by atoms with Gasteiger partial charge < -0.3 is 19.9 Å². The Bertz CT molecular complexity index is 552. The normalized spacial score (nSPS) is 23.2. The van der Waals surface area contributed by atoms with Crippen LogP contribution in [0.4, 0.5) is 0 Å². The SMILES string of the molecule is CCC(=O)N1CC(C(=O)NCc2ncc[nH]2)C2(CCOCC2)C1. The van der Waals surface area contributed by atoms with E-state index in [1.54, 1.807) is 12.4 Å². The van der Waals surface area contributed by atoms with Gasteiger partial charge in [0.2, 0.25) is 11.8 Å². The Morgan fingerprint density at radius 1 is 1.48 bits per heavy atom. The van der Waals surface area contributed by atoms with Crippen molar-refractivity contribution in [2.75, 3.05) is 26.3 Å². The zero-order chi connectivity index (χ0) is 16.3. The molecule has 0 radical (unpaired) electrons. The molecule has 3 rings (SSSR count). The van der Waals surface area contributed by atoms with Crippen LogP contribution >= 0.6 is 0 Å². The van der Waals surface area contributed by atoms with Crippen LogP contribution in [0.25, 0.3) is 0 Å². The van der Waals surface area contributed by atoms with Gasteiger partial charge in [-0.2, -0.15) is 0 Å². The van der Waals surface area contributed by atoms with Crippen LogP contribution in [0.15, 0.2) is 12.4 Å². The number of likely N-dealkylation sites (tertiary alicyclic amines) is 1. The number of hydrogen-bond acceptors (Lipinski definition) is 4. The van der Waals surface area contributed by atoms with Gasteiger partial charge in [0.15, 0.2) is 0 Å². The second-order valence-electron chi connectivity index (χ2n) is 6.41. The molecular weight excluding hydrogens is 296 g/mol. The summed E-state index contributed by atoms with van der Waals surface area (Å²) in [6, 6.07) is 0. The van der Waals surface area contributed by atoms with E-state index in [2.05, 4.69) is 15.3 Å². The van der Waals surface area contributed by atoms with Gasteiger partial charge in [-0.15, -0.1) is 0 Å². The molecule has 1 unspecified atom stereocenters. The molecule has 0 aliphatic carbocycles. The lowest BCUT2D eigenvalue weighted by molar-refractivity contribution is -0.130. The Kier molecular flexibility index (Phi) is 4.66. The van der Waals surface area contributed by atoms with Gasteiger partial charge in [-0.05, 0) is 12.8 Å². The molecule has 0 bridgehead atoms. The fourth-order valence-electron chi connectivity index (χ4n) is 3.72. The van der Waals surface area contributed by atoms with Crippen molar-refractivity contribution < 1.29 is 14.3 Å². The van der Waals surface area contributed by atoms with E-state index in [4.69, 9.17) is 4.74 Å². The molecule has 1 aromatic heterocycles. The van der Waals surface area contributed by atoms with E-state index in [9.17, 15) is 9.59 Å². The summed E-state index contributed by atoms with van der Waals surface area (Å²) in [5.41, 5.74) is -0.143. The van der Waals surface area contributed by atoms with Crippen molar-refractivity contribution in [3.8, 4) is 0 Å². The number of aromatic nitrogens is 2. The van der Waals surface area contributed by atoms with Crippen molar-refractivity contribution in [2.45, 2.75) is 32.7 Å². The molecule has 23 heavy (non-hydrogen) atoms. The molecule has 1 aromatic rings. The maximum Gasteiger partial charge on any atom is 0.225 e. The summed E-state index contributed by atoms with van der Waals surface area (Å²) in [4.78, 5) is 33.8. The third-order valence-electron chi connectivity index (χ3n) is 5.09. The van der Waals surface area contributed by atoms with Crippen molar-refractivity contribution >= 4 is 11.8 Å². The maximum atomic E-state index is 12.7. The van der Waals surface area contributed by atoms with Crippen molar-refractivity contribution in [2.24, 2.45) is 11.3 Å². The first-order valence-corrected chi connectivity index (χ1v) is 8.26. The Labute approximate surface area is 135 Å². The molecule has 7 nitrogen and oxygen atoms in total. The van der Waals surface area contributed by atoms with Crippen molar-refractivity contribution in [1.29, 1.82) is 0 Å². The minimum atomic E-state index is -0.170. The molecule has 3 heterocycles. The predicted molar refractivity (Wildman–Crippen MR) is 83.3 cm³/mol. The number of nitrogens with one attached hydrogen (secondary N) is 2. The molecular formula is C16H24N4O3. The van der Waals surface area contributed by atoms with E-state index >= 15 is 0 Å². The third kappa shape index (κ3) is 3.24. The summed E-state index contributed by atoms with van der Waals surface area (Å²) in [5, 5.41) is 2.96. The molecule has 0 aromatic carbocycles. The molecule has 2 fully saturated rings. The zero-order valence-electron chi connectivity index (χ0n) is 13.5. The second-order valence-corrected chi connectivity index (χ2v) is 6.41. The summed E-state index contributed by atoms with van der Waals surface area (Å²) in [7, 11) is 0. The number of H-pyrrole nitrogens is 1. The summed E-state index contributed by atoms with van der Waals surface area (Å²) in [6.07, 6.45) is 5.54. The van der Waals surface area contributed by atoms with Crippen molar-refractivity contribution in [1.82, 2.24) is 20.2 Å². The number of rotatable bonds is 4. The number of imidazole rings is 1. The second kappa shape index (κ2) is 6.70. The van der Waals surface area contributed by atoms with Gasteiger partial charge in [-0.1, -0.05) is 6.92 Å². The summed E-state index contributed by atoms with van der Waals surface area (Å²) >= 11 is 0. The minimum Gasteiger partial charge on any atom is -0.381 e. The highest BCUT2D eigenvalue weighted by Crippen LogP contribution is 2.44. The zero-order valence-corrected chi connectivity index (χ0v) is 13.5. The average molecular weight is 320 g/mol. The first-order chi connectivity index (χ1) is 11.1. The lowest BCUT2D eigenvalue weighted by atomic mass is 9.72. The number of nitrogens with zero attached hydrogens (tertiary/aromatic N) is 2. The number of hydrogen-bond donors (Lipinski definition) is 2. The Morgan fingerprint density at radius 3 is 2.91 bits per heavy atom. The van der Waals surface area contributed by atoms with E-state index in [0.29, 0.717) is 39.3 Å². The predicted octanol–water partition coefficient (Wildman–Crippen LogP) is 0.691. The van der Waals surface area contributed by atoms with Crippen LogP contribution < -0.4 is 5.32 Å². The van der Waals surface area contributed by atoms with E-state index in [1.165, 1.54) is 0 Å². The van der Waals surface area contributed by atoms with Crippen molar-refractivity contribution in [3.63, 3.8) is 0 Å². The van der Waals surface area contributed by atoms with Crippen LogP contribution in [0.5, 0.6) is 0 Å². The van der Waals surface area contributed by atoms with Gasteiger partial charge in [-0.25, -0.2) is 4.98 Å². The van der Waals surface area contributed by atoms with Crippen LogP contribution in [0.1, 0.15) is 32.0 Å². The maximum absolute atomic E-state index is 12.7. The highest BCUT2D eigenvalue weighted by atomic mass is 16.5. The number of aromatic amines is 1. The van der Waals surface area contributed by atoms with Gasteiger partial charge in [0.25, 0.3) is 0 Å². The van der Waals surface area contributed by atoms with Crippen LogP contribution in [-0.4, -0.2) is 53.0 Å². The van der Waals surface area contributed by atoms with Gasteiger partial charge in [-0.3, -0.25) is 9.59 Å². The lowest BCUT2D eigenvalue weighted by Gasteiger charge is -2.37. The smallest absolute Gasteiger partial charge is 0.225 e. The van der Waals surface area contributed by atoms with Crippen LogP contribution in [0, 0.1) is 11.3 Å². The average Bonchev–Trinajstić information content (AvgIpc) is 3.21. The fraction of sp³-hybridized carbons (Fsp3) is 0.688.